The van der Waals surface area contributed by atoms with Gasteiger partial charge in [0.25, 0.3) is 0 Å². The van der Waals surface area contributed by atoms with Gasteiger partial charge in [0.2, 0.25) is 0 Å². The Morgan fingerprint density at radius 1 is 1.62 bits per heavy atom. The number of hydrogen-bond acceptors (Lipinski definition) is 1. The van der Waals surface area contributed by atoms with E-state index in [-0.39, 0.29) is 0 Å². The molecule has 0 aromatic heterocycles. The van der Waals surface area contributed by atoms with E-state index in [1.54, 1.807) is 12.1 Å². The lowest BCUT2D eigenvalue weighted by atomic mass is 10.1. The van der Waals surface area contributed by atoms with E-state index >= 15 is 0 Å². The third-order valence-corrected chi connectivity index (χ3v) is 2.21. The molecule has 70 valence electrons. The second-order valence-electron chi connectivity index (χ2n) is 2.79. The van der Waals surface area contributed by atoms with Gasteiger partial charge in [-0.05, 0) is 22.2 Å². The molecule has 1 aromatic rings. The maximum absolute atomic E-state index is 9.67. The van der Waals surface area contributed by atoms with Crippen LogP contribution in [0.3, 0.4) is 0 Å². The van der Waals surface area contributed by atoms with Gasteiger partial charge in [-0.15, -0.1) is 0 Å². The fourth-order valence-electron chi connectivity index (χ4n) is 1.04. The van der Waals surface area contributed by atoms with E-state index in [0.717, 1.165) is 10.0 Å². The zero-order chi connectivity index (χ0) is 9.84. The zero-order valence-electron chi connectivity index (χ0n) is 7.00. The second-order valence-corrected chi connectivity index (χ2v) is 4.35. The van der Waals surface area contributed by atoms with Crippen LogP contribution in [-0.4, -0.2) is 5.11 Å². The predicted molar refractivity (Wildman–Crippen MR) is 59.1 cm³/mol. The normalized spacial score (nSPS) is 12.5. The molecule has 0 fully saturated rings. The molecule has 1 aromatic carbocycles. The molecule has 13 heavy (non-hydrogen) atoms. The van der Waals surface area contributed by atoms with E-state index in [4.69, 9.17) is 11.6 Å². The first kappa shape index (κ1) is 10.8. The first-order chi connectivity index (χ1) is 6.09. The molecule has 0 spiro atoms. The van der Waals surface area contributed by atoms with Crippen molar-refractivity contribution >= 4 is 27.5 Å². The van der Waals surface area contributed by atoms with Crippen LogP contribution in [0.2, 0.25) is 5.02 Å². The minimum atomic E-state index is -0.537. The summed E-state index contributed by atoms with van der Waals surface area (Å²) in [5.41, 5.74) is 0.813. The quantitative estimate of drug-likeness (QED) is 0.880. The van der Waals surface area contributed by atoms with Crippen molar-refractivity contribution in [1.82, 2.24) is 0 Å². The van der Waals surface area contributed by atoms with Crippen LogP contribution in [0.15, 0.2) is 35.3 Å². The van der Waals surface area contributed by atoms with Crippen LogP contribution >= 0.6 is 27.5 Å². The van der Waals surface area contributed by atoms with Crippen LogP contribution in [0.1, 0.15) is 18.1 Å². The van der Waals surface area contributed by atoms with Crippen molar-refractivity contribution in [3.63, 3.8) is 0 Å². The second kappa shape index (κ2) is 4.80. The van der Waals surface area contributed by atoms with Gasteiger partial charge < -0.3 is 5.11 Å². The molecule has 0 bridgehead atoms. The van der Waals surface area contributed by atoms with Gasteiger partial charge in [0.1, 0.15) is 0 Å². The summed E-state index contributed by atoms with van der Waals surface area (Å²) in [7, 11) is 0. The number of hydrogen-bond donors (Lipinski definition) is 1. The molecule has 3 heteroatoms. The summed E-state index contributed by atoms with van der Waals surface area (Å²) in [6.07, 6.45) is -0.0362. The number of benzene rings is 1. The van der Waals surface area contributed by atoms with Crippen molar-refractivity contribution in [2.45, 2.75) is 12.5 Å². The Hall–Kier alpha value is -0.310. The number of aliphatic hydroxyl groups is 1. The predicted octanol–water partition coefficient (Wildman–Crippen LogP) is 3.67. The fourth-order valence-corrected chi connectivity index (χ4v) is 1.55. The average Bonchev–Trinajstić information content (AvgIpc) is 2.03. The molecule has 1 atom stereocenters. The lowest BCUT2D eigenvalue weighted by Crippen LogP contribution is -1.96. The number of rotatable bonds is 3. The van der Waals surface area contributed by atoms with E-state index < -0.39 is 6.10 Å². The van der Waals surface area contributed by atoms with Gasteiger partial charge >= 0.3 is 0 Å². The van der Waals surface area contributed by atoms with Gasteiger partial charge in [-0.25, -0.2) is 0 Å². The van der Waals surface area contributed by atoms with Crippen LogP contribution in [-0.2, 0) is 0 Å². The van der Waals surface area contributed by atoms with Crippen molar-refractivity contribution in [2.75, 3.05) is 0 Å². The molecule has 0 aliphatic carbocycles. The third-order valence-electron chi connectivity index (χ3n) is 1.65. The van der Waals surface area contributed by atoms with Gasteiger partial charge in [0, 0.05) is 11.4 Å². The molecule has 1 rings (SSSR count). The van der Waals surface area contributed by atoms with E-state index in [0.29, 0.717) is 11.4 Å². The standard InChI is InChI=1S/C10H10BrClO/c1-7(11)5-10(13)8-3-2-4-9(12)6-8/h2-4,6,10,13H,1,5H2/t10-/m0/s1. The van der Waals surface area contributed by atoms with Crippen molar-refractivity contribution in [1.29, 1.82) is 0 Å². The van der Waals surface area contributed by atoms with Crippen molar-refractivity contribution in [2.24, 2.45) is 0 Å². The zero-order valence-corrected chi connectivity index (χ0v) is 9.35. The number of aliphatic hydroxyl groups excluding tert-OH is 1. The van der Waals surface area contributed by atoms with Gasteiger partial charge in [0.15, 0.2) is 0 Å². The van der Waals surface area contributed by atoms with Crippen LogP contribution < -0.4 is 0 Å². The Kier molecular flexibility index (Phi) is 3.97. The molecule has 1 N–H and O–H groups in total. The summed E-state index contributed by atoms with van der Waals surface area (Å²) in [5, 5.41) is 10.3. The molecule has 0 amide bonds. The molecule has 0 unspecified atom stereocenters. The first-order valence-corrected chi connectivity index (χ1v) is 5.03. The van der Waals surface area contributed by atoms with Crippen LogP contribution in [0.25, 0.3) is 0 Å². The smallest absolute Gasteiger partial charge is 0.0835 e. The van der Waals surface area contributed by atoms with Gasteiger partial charge in [-0.2, -0.15) is 0 Å². The Morgan fingerprint density at radius 2 is 2.31 bits per heavy atom. The van der Waals surface area contributed by atoms with Crippen molar-refractivity contribution in [3.8, 4) is 0 Å². The van der Waals surface area contributed by atoms with E-state index in [2.05, 4.69) is 22.5 Å². The maximum Gasteiger partial charge on any atom is 0.0835 e. The van der Waals surface area contributed by atoms with Crippen LogP contribution in [0.4, 0.5) is 0 Å². The summed E-state index contributed by atoms with van der Waals surface area (Å²) < 4.78 is 0.778. The molecule has 0 aliphatic rings. The summed E-state index contributed by atoms with van der Waals surface area (Å²) >= 11 is 8.98. The Morgan fingerprint density at radius 3 is 2.85 bits per heavy atom. The van der Waals surface area contributed by atoms with Crippen molar-refractivity contribution in [3.05, 3.63) is 45.9 Å². The lowest BCUT2D eigenvalue weighted by Gasteiger charge is -2.09. The Labute approximate surface area is 91.2 Å². The fraction of sp³-hybridized carbons (Fsp3) is 0.200. The van der Waals surface area contributed by atoms with Crippen LogP contribution in [0.5, 0.6) is 0 Å². The summed E-state index contributed by atoms with van der Waals surface area (Å²) in [5.74, 6) is 0. The minimum absolute atomic E-state index is 0.500. The summed E-state index contributed by atoms with van der Waals surface area (Å²) in [6, 6.07) is 7.19. The van der Waals surface area contributed by atoms with E-state index in [1.165, 1.54) is 0 Å². The number of halogens is 2. The molecule has 0 radical (unpaired) electrons. The SMILES string of the molecule is C=C(Br)C[C@H](O)c1cccc(Cl)c1. The summed E-state index contributed by atoms with van der Waals surface area (Å²) in [6.45, 7) is 3.67. The highest BCUT2D eigenvalue weighted by Gasteiger charge is 2.07. The van der Waals surface area contributed by atoms with E-state index in [1.807, 2.05) is 12.1 Å². The first-order valence-electron chi connectivity index (χ1n) is 3.86. The molecule has 1 nitrogen and oxygen atoms in total. The van der Waals surface area contributed by atoms with Gasteiger partial charge in [-0.3, -0.25) is 0 Å². The molecule has 0 saturated carbocycles. The lowest BCUT2D eigenvalue weighted by molar-refractivity contribution is 0.181. The average molecular weight is 262 g/mol. The van der Waals surface area contributed by atoms with E-state index in [9.17, 15) is 5.11 Å². The van der Waals surface area contributed by atoms with Gasteiger partial charge in [-0.1, -0.05) is 46.2 Å². The topological polar surface area (TPSA) is 20.2 Å². The van der Waals surface area contributed by atoms with Crippen molar-refractivity contribution < 1.29 is 5.11 Å². The highest BCUT2D eigenvalue weighted by molar-refractivity contribution is 9.11. The largest absolute Gasteiger partial charge is 0.388 e. The van der Waals surface area contributed by atoms with Crippen LogP contribution in [0, 0.1) is 0 Å². The molecule has 0 heterocycles. The molecule has 0 saturated heterocycles. The Bertz CT molecular complexity index is 312. The minimum Gasteiger partial charge on any atom is -0.388 e. The molecule has 0 aliphatic heterocycles. The monoisotopic (exact) mass is 260 g/mol. The third kappa shape index (κ3) is 3.51. The highest BCUT2D eigenvalue weighted by atomic mass is 79.9. The molecular weight excluding hydrogens is 251 g/mol. The highest BCUT2D eigenvalue weighted by Crippen LogP contribution is 2.24. The Balaban J connectivity index is 2.76. The summed E-state index contributed by atoms with van der Waals surface area (Å²) in [4.78, 5) is 0. The molecular formula is C10H10BrClO. The van der Waals surface area contributed by atoms with Gasteiger partial charge in [0.05, 0.1) is 6.10 Å². The maximum atomic E-state index is 9.67.